The lowest BCUT2D eigenvalue weighted by molar-refractivity contribution is -0.120. The summed E-state index contributed by atoms with van der Waals surface area (Å²) in [4.78, 5) is 32.1. The average molecular weight is 391 g/mol. The highest BCUT2D eigenvalue weighted by Gasteiger charge is 2.19. The van der Waals surface area contributed by atoms with E-state index in [1.807, 2.05) is 39.2 Å². The van der Waals surface area contributed by atoms with Crippen LogP contribution >= 0.6 is 11.8 Å². The summed E-state index contributed by atoms with van der Waals surface area (Å²) in [5, 5.41) is 3.84. The number of carbonyl (C=O) groups excluding carboxylic acids is 1. The fourth-order valence-electron chi connectivity index (χ4n) is 2.64. The molecule has 1 N–H and O–H groups in total. The van der Waals surface area contributed by atoms with Crippen LogP contribution in [0, 0.1) is 5.92 Å². The minimum absolute atomic E-state index is 0.0315. The van der Waals surface area contributed by atoms with Gasteiger partial charge in [0.15, 0.2) is 5.16 Å². The summed E-state index contributed by atoms with van der Waals surface area (Å²) < 4.78 is 1.71. The van der Waals surface area contributed by atoms with Crippen molar-refractivity contribution in [3.63, 3.8) is 0 Å². The highest BCUT2D eigenvalue weighted by molar-refractivity contribution is 8.00. The molecule has 1 atom stereocenters. The summed E-state index contributed by atoms with van der Waals surface area (Å²) in [5.74, 6) is 0.366. The number of nitrogens with zero attached hydrogens (tertiary/aromatic N) is 3. The van der Waals surface area contributed by atoms with E-state index in [9.17, 15) is 9.59 Å². The number of amides is 1. The van der Waals surface area contributed by atoms with Gasteiger partial charge < -0.3 is 10.2 Å². The van der Waals surface area contributed by atoms with Crippen molar-refractivity contribution in [2.24, 2.45) is 5.92 Å². The van der Waals surface area contributed by atoms with Crippen LogP contribution in [0.2, 0.25) is 0 Å². The molecule has 0 aliphatic rings. The lowest BCUT2D eigenvalue weighted by Crippen LogP contribution is -2.34. The highest BCUT2D eigenvalue weighted by atomic mass is 32.2. The minimum Gasteiger partial charge on any atom is -0.355 e. The molecule has 0 aliphatic heterocycles. The molecule has 27 heavy (non-hydrogen) atoms. The Morgan fingerprint density at radius 3 is 2.63 bits per heavy atom. The Morgan fingerprint density at radius 1 is 1.26 bits per heavy atom. The largest absolute Gasteiger partial charge is 0.355 e. The maximum Gasteiger partial charge on any atom is 0.262 e. The van der Waals surface area contributed by atoms with Gasteiger partial charge in [-0.15, -0.1) is 0 Å². The van der Waals surface area contributed by atoms with Gasteiger partial charge in [-0.1, -0.05) is 37.7 Å². The van der Waals surface area contributed by atoms with Crippen LogP contribution in [0.4, 0.5) is 0 Å². The Balaban J connectivity index is 2.29. The molecule has 2 rings (SSSR count). The number of benzene rings is 1. The number of thioether (sulfide) groups is 1. The zero-order chi connectivity index (χ0) is 20.0. The number of carbonyl (C=O) groups is 1. The first-order valence-corrected chi connectivity index (χ1v) is 10.3. The first-order valence-electron chi connectivity index (χ1n) is 9.38. The van der Waals surface area contributed by atoms with Crippen LogP contribution in [0.3, 0.4) is 0 Å². The van der Waals surface area contributed by atoms with E-state index in [1.54, 1.807) is 10.6 Å². The molecule has 1 aromatic heterocycles. The van der Waals surface area contributed by atoms with Crippen LogP contribution < -0.4 is 10.9 Å². The van der Waals surface area contributed by atoms with Crippen molar-refractivity contribution in [3.8, 4) is 0 Å². The maximum atomic E-state index is 13.0. The number of aromatic nitrogens is 2. The van der Waals surface area contributed by atoms with Gasteiger partial charge in [0.2, 0.25) is 5.91 Å². The third-order valence-electron chi connectivity index (χ3n) is 4.15. The number of nitrogens with one attached hydrogen (secondary N) is 1. The molecule has 1 amide bonds. The fourth-order valence-corrected chi connectivity index (χ4v) is 3.60. The highest BCUT2D eigenvalue weighted by Crippen LogP contribution is 2.23. The quantitative estimate of drug-likeness (QED) is 0.527. The summed E-state index contributed by atoms with van der Waals surface area (Å²) in [5.41, 5.74) is 0.625. The van der Waals surface area contributed by atoms with Crippen molar-refractivity contribution in [1.29, 1.82) is 0 Å². The summed E-state index contributed by atoms with van der Waals surface area (Å²) in [7, 11) is 4.02. The SMILES string of the molecule is CC(C)CNC(=O)[C@@H](C)Sc1nc2ccccc2c(=O)n1CCCN(C)C. The van der Waals surface area contributed by atoms with Crippen LogP contribution in [0.1, 0.15) is 27.2 Å². The molecule has 0 bridgehead atoms. The molecular weight excluding hydrogens is 360 g/mol. The molecule has 148 valence electrons. The predicted molar refractivity (Wildman–Crippen MR) is 112 cm³/mol. The molecule has 7 heteroatoms. The van der Waals surface area contributed by atoms with E-state index >= 15 is 0 Å². The number of para-hydroxylation sites is 1. The molecule has 6 nitrogen and oxygen atoms in total. The third-order valence-corrected chi connectivity index (χ3v) is 5.24. The molecule has 1 aromatic carbocycles. The summed E-state index contributed by atoms with van der Waals surface area (Å²) in [6.07, 6.45) is 0.842. The van der Waals surface area contributed by atoms with Crippen LogP contribution in [-0.2, 0) is 11.3 Å². The Morgan fingerprint density at radius 2 is 1.96 bits per heavy atom. The zero-order valence-electron chi connectivity index (χ0n) is 16.9. The number of fused-ring (bicyclic) bond motifs is 1. The van der Waals surface area contributed by atoms with Gasteiger partial charge in [0.25, 0.3) is 5.56 Å². The molecule has 0 radical (unpaired) electrons. The first-order chi connectivity index (χ1) is 12.8. The molecule has 0 unspecified atom stereocenters. The topological polar surface area (TPSA) is 67.2 Å². The normalized spacial score (nSPS) is 12.7. The second-order valence-electron chi connectivity index (χ2n) is 7.42. The van der Waals surface area contributed by atoms with E-state index in [1.165, 1.54) is 11.8 Å². The van der Waals surface area contributed by atoms with E-state index in [-0.39, 0.29) is 16.7 Å². The second-order valence-corrected chi connectivity index (χ2v) is 8.73. The Bertz CT molecular complexity index is 832. The van der Waals surface area contributed by atoms with Crippen LogP contribution in [0.15, 0.2) is 34.2 Å². The molecule has 2 aromatic rings. The maximum absolute atomic E-state index is 13.0. The fraction of sp³-hybridized carbons (Fsp3) is 0.550. The van der Waals surface area contributed by atoms with Gasteiger partial charge in [-0.05, 0) is 52.0 Å². The number of rotatable bonds is 9. The van der Waals surface area contributed by atoms with Gasteiger partial charge in [0.05, 0.1) is 16.2 Å². The van der Waals surface area contributed by atoms with Crippen LogP contribution in [0.25, 0.3) is 10.9 Å². The van der Waals surface area contributed by atoms with E-state index in [0.717, 1.165) is 13.0 Å². The Kier molecular flexibility index (Phi) is 7.86. The Labute approximate surface area is 165 Å². The smallest absolute Gasteiger partial charge is 0.262 e. The van der Waals surface area contributed by atoms with Crippen LogP contribution in [-0.4, -0.2) is 52.8 Å². The van der Waals surface area contributed by atoms with Crippen molar-refractivity contribution >= 4 is 28.6 Å². The molecule has 0 spiro atoms. The van der Waals surface area contributed by atoms with Crippen molar-refractivity contribution in [2.75, 3.05) is 27.2 Å². The molecule has 0 fully saturated rings. The van der Waals surface area contributed by atoms with Crippen molar-refractivity contribution in [2.45, 2.75) is 44.1 Å². The lowest BCUT2D eigenvalue weighted by Gasteiger charge is -2.17. The monoisotopic (exact) mass is 390 g/mol. The average Bonchev–Trinajstić information content (AvgIpc) is 2.61. The number of hydrogen-bond donors (Lipinski definition) is 1. The Hall–Kier alpha value is -1.86. The van der Waals surface area contributed by atoms with Crippen molar-refractivity contribution in [1.82, 2.24) is 19.8 Å². The molecule has 1 heterocycles. The standard InChI is InChI=1S/C20H30N4O2S/c1-14(2)13-21-18(25)15(3)27-20-22-17-10-7-6-9-16(17)19(26)24(20)12-8-11-23(4)5/h6-7,9-10,14-15H,8,11-13H2,1-5H3,(H,21,25)/t15-/m1/s1. The van der Waals surface area contributed by atoms with Gasteiger partial charge in [-0.3, -0.25) is 14.2 Å². The lowest BCUT2D eigenvalue weighted by atomic mass is 10.2. The predicted octanol–water partition coefficient (Wildman–Crippen LogP) is 2.60. The molecular formula is C20H30N4O2S. The first kappa shape index (κ1) is 21.4. The van der Waals surface area contributed by atoms with Crippen LogP contribution in [0.5, 0.6) is 0 Å². The summed E-state index contributed by atoms with van der Waals surface area (Å²) >= 11 is 1.34. The van der Waals surface area contributed by atoms with Gasteiger partial charge in [0, 0.05) is 13.1 Å². The van der Waals surface area contributed by atoms with E-state index < -0.39 is 0 Å². The van der Waals surface area contributed by atoms with E-state index in [2.05, 4.69) is 29.0 Å². The van der Waals surface area contributed by atoms with Gasteiger partial charge >= 0.3 is 0 Å². The van der Waals surface area contributed by atoms with Crippen molar-refractivity contribution in [3.05, 3.63) is 34.6 Å². The summed E-state index contributed by atoms with van der Waals surface area (Å²) in [6, 6.07) is 7.37. The molecule has 0 aliphatic carbocycles. The zero-order valence-corrected chi connectivity index (χ0v) is 17.7. The van der Waals surface area contributed by atoms with Gasteiger partial charge in [-0.25, -0.2) is 4.98 Å². The van der Waals surface area contributed by atoms with Crippen molar-refractivity contribution < 1.29 is 4.79 Å². The van der Waals surface area contributed by atoms with E-state index in [0.29, 0.717) is 35.1 Å². The van der Waals surface area contributed by atoms with E-state index in [4.69, 9.17) is 0 Å². The van der Waals surface area contributed by atoms with Gasteiger partial charge in [-0.2, -0.15) is 0 Å². The number of hydrogen-bond acceptors (Lipinski definition) is 5. The molecule has 0 saturated carbocycles. The van der Waals surface area contributed by atoms with Gasteiger partial charge in [0.1, 0.15) is 0 Å². The third kappa shape index (κ3) is 6.07. The molecule has 0 saturated heterocycles. The minimum atomic E-state index is -0.322. The second kappa shape index (κ2) is 9.90. The summed E-state index contributed by atoms with van der Waals surface area (Å²) in [6.45, 7) is 8.08.